The Morgan fingerprint density at radius 2 is 1.81 bits per heavy atom. The van der Waals surface area contributed by atoms with Crippen molar-refractivity contribution >= 4 is 0 Å². The molecule has 0 aliphatic carbocycles. The van der Waals surface area contributed by atoms with Crippen molar-refractivity contribution in [2.24, 2.45) is 0 Å². The van der Waals surface area contributed by atoms with E-state index >= 15 is 0 Å². The largest absolute Gasteiger partial charge is 0.491 e. The summed E-state index contributed by atoms with van der Waals surface area (Å²) in [6.45, 7) is 6.27. The summed E-state index contributed by atoms with van der Waals surface area (Å²) in [7, 11) is 2.01. The summed E-state index contributed by atoms with van der Waals surface area (Å²) in [5, 5.41) is 3.42. The first-order chi connectivity index (χ1) is 10.1. The fourth-order valence-corrected chi connectivity index (χ4v) is 2.52. The molecule has 2 aromatic rings. The highest BCUT2D eigenvalue weighted by Gasteiger charge is 2.12. The summed E-state index contributed by atoms with van der Waals surface area (Å²) in [6.07, 6.45) is 1.18. The molecule has 2 heteroatoms. The van der Waals surface area contributed by atoms with E-state index < -0.39 is 0 Å². The van der Waals surface area contributed by atoms with Crippen LogP contribution in [0.3, 0.4) is 0 Å². The van der Waals surface area contributed by atoms with Gasteiger partial charge in [-0.3, -0.25) is 0 Å². The molecular formula is C19H25NO. The highest BCUT2D eigenvalue weighted by atomic mass is 16.5. The van der Waals surface area contributed by atoms with Crippen LogP contribution in [0.25, 0.3) is 0 Å². The molecule has 0 aromatic heterocycles. The van der Waals surface area contributed by atoms with Gasteiger partial charge in [-0.15, -0.1) is 0 Å². The molecule has 0 saturated carbocycles. The quantitative estimate of drug-likeness (QED) is 0.854. The predicted octanol–water partition coefficient (Wildman–Crippen LogP) is 4.29. The topological polar surface area (TPSA) is 21.3 Å². The van der Waals surface area contributed by atoms with Crippen LogP contribution in [0.4, 0.5) is 0 Å². The lowest BCUT2D eigenvalue weighted by molar-refractivity contribution is 0.242. The third-order valence-electron chi connectivity index (χ3n) is 3.67. The van der Waals surface area contributed by atoms with Gasteiger partial charge in [0.25, 0.3) is 0 Å². The van der Waals surface area contributed by atoms with Crippen molar-refractivity contribution in [3.63, 3.8) is 0 Å². The molecule has 0 amide bonds. The average molecular weight is 283 g/mol. The monoisotopic (exact) mass is 283 g/mol. The van der Waals surface area contributed by atoms with Crippen LogP contribution in [0, 0.1) is 6.92 Å². The van der Waals surface area contributed by atoms with Crippen molar-refractivity contribution in [1.29, 1.82) is 0 Å². The molecule has 2 aromatic carbocycles. The number of hydrogen-bond acceptors (Lipinski definition) is 2. The zero-order valence-corrected chi connectivity index (χ0v) is 13.4. The number of aryl methyl sites for hydroxylation is 1. The van der Waals surface area contributed by atoms with E-state index in [0.29, 0.717) is 6.04 Å². The maximum Gasteiger partial charge on any atom is 0.120 e. The Labute approximate surface area is 128 Å². The van der Waals surface area contributed by atoms with Gasteiger partial charge in [0.1, 0.15) is 5.75 Å². The summed E-state index contributed by atoms with van der Waals surface area (Å²) in [4.78, 5) is 0. The molecule has 2 nitrogen and oxygen atoms in total. The van der Waals surface area contributed by atoms with E-state index in [0.717, 1.165) is 12.2 Å². The fraction of sp³-hybridized carbons (Fsp3) is 0.368. The Morgan fingerprint density at radius 3 is 2.48 bits per heavy atom. The molecule has 0 aliphatic heterocycles. The number of ether oxygens (including phenoxy) is 1. The summed E-state index contributed by atoms with van der Waals surface area (Å²) in [5.74, 6) is 0.938. The number of likely N-dealkylation sites (N-methyl/N-ethyl adjacent to an activating group) is 1. The number of nitrogens with one attached hydrogen (secondary N) is 1. The van der Waals surface area contributed by atoms with Gasteiger partial charge in [-0.05, 0) is 63.1 Å². The minimum absolute atomic E-state index is 0.199. The smallest absolute Gasteiger partial charge is 0.120 e. The lowest BCUT2D eigenvalue weighted by Gasteiger charge is -2.19. The van der Waals surface area contributed by atoms with Gasteiger partial charge in [0.2, 0.25) is 0 Å². The van der Waals surface area contributed by atoms with Crippen LogP contribution in [0.5, 0.6) is 5.75 Å². The van der Waals surface area contributed by atoms with E-state index in [9.17, 15) is 0 Å². The van der Waals surface area contributed by atoms with Crippen LogP contribution >= 0.6 is 0 Å². The number of rotatable bonds is 6. The highest BCUT2D eigenvalue weighted by molar-refractivity contribution is 5.33. The Kier molecular flexibility index (Phi) is 5.40. The summed E-state index contributed by atoms with van der Waals surface area (Å²) < 4.78 is 5.80. The molecule has 2 rings (SSSR count). The zero-order valence-electron chi connectivity index (χ0n) is 13.4. The second kappa shape index (κ2) is 7.28. The van der Waals surface area contributed by atoms with Gasteiger partial charge in [0, 0.05) is 6.04 Å². The molecule has 0 radical (unpaired) electrons. The van der Waals surface area contributed by atoms with Crippen molar-refractivity contribution in [2.45, 2.75) is 39.3 Å². The van der Waals surface area contributed by atoms with Crippen molar-refractivity contribution in [1.82, 2.24) is 5.32 Å². The van der Waals surface area contributed by atoms with Crippen molar-refractivity contribution in [3.05, 3.63) is 65.2 Å². The van der Waals surface area contributed by atoms with Crippen LogP contribution in [0.15, 0.2) is 48.5 Å². The van der Waals surface area contributed by atoms with E-state index in [1.807, 2.05) is 13.1 Å². The molecular weight excluding hydrogens is 258 g/mol. The summed E-state index contributed by atoms with van der Waals surface area (Å²) in [6, 6.07) is 17.2. The molecule has 0 aliphatic rings. The molecule has 1 unspecified atom stereocenters. The van der Waals surface area contributed by atoms with Gasteiger partial charge in [0.05, 0.1) is 6.10 Å². The average Bonchev–Trinajstić information content (AvgIpc) is 2.46. The summed E-state index contributed by atoms with van der Waals surface area (Å²) >= 11 is 0. The molecule has 21 heavy (non-hydrogen) atoms. The first kappa shape index (κ1) is 15.6. The van der Waals surface area contributed by atoms with Gasteiger partial charge >= 0.3 is 0 Å². The highest BCUT2D eigenvalue weighted by Crippen LogP contribution is 2.24. The lowest BCUT2D eigenvalue weighted by Crippen LogP contribution is -2.19. The Balaban J connectivity index is 2.19. The molecule has 0 saturated heterocycles. The lowest BCUT2D eigenvalue weighted by atomic mass is 9.96. The van der Waals surface area contributed by atoms with Crippen molar-refractivity contribution in [3.8, 4) is 5.75 Å². The molecule has 0 fully saturated rings. The van der Waals surface area contributed by atoms with E-state index in [1.165, 1.54) is 16.7 Å². The standard InChI is InChI=1S/C19H25NO/c1-14(2)21-18-11-7-10-17(12-18)19(20-4)13-16-9-6-5-8-15(16)3/h5-12,14,19-20H,13H2,1-4H3. The van der Waals surface area contributed by atoms with E-state index in [-0.39, 0.29) is 6.10 Å². The number of hydrogen-bond donors (Lipinski definition) is 1. The Bertz CT molecular complexity index is 577. The second-order valence-corrected chi connectivity index (χ2v) is 5.71. The van der Waals surface area contributed by atoms with Crippen LogP contribution < -0.4 is 10.1 Å². The molecule has 0 bridgehead atoms. The zero-order chi connectivity index (χ0) is 15.2. The number of benzene rings is 2. The van der Waals surface area contributed by atoms with Crippen molar-refractivity contribution in [2.75, 3.05) is 7.05 Å². The maximum atomic E-state index is 5.80. The molecule has 1 atom stereocenters. The van der Waals surface area contributed by atoms with Gasteiger partial charge in [-0.1, -0.05) is 36.4 Å². The van der Waals surface area contributed by atoms with Crippen LogP contribution in [-0.4, -0.2) is 13.2 Å². The van der Waals surface area contributed by atoms with Crippen LogP contribution in [0.2, 0.25) is 0 Å². The fourth-order valence-electron chi connectivity index (χ4n) is 2.52. The van der Waals surface area contributed by atoms with Gasteiger partial charge in [-0.25, -0.2) is 0 Å². The first-order valence-electron chi connectivity index (χ1n) is 7.58. The Morgan fingerprint density at radius 1 is 1.05 bits per heavy atom. The van der Waals surface area contributed by atoms with E-state index in [2.05, 4.69) is 68.6 Å². The van der Waals surface area contributed by atoms with Crippen molar-refractivity contribution < 1.29 is 4.74 Å². The molecule has 0 heterocycles. The first-order valence-corrected chi connectivity index (χ1v) is 7.58. The minimum atomic E-state index is 0.199. The third kappa shape index (κ3) is 4.33. The molecule has 1 N–H and O–H groups in total. The van der Waals surface area contributed by atoms with Crippen LogP contribution in [-0.2, 0) is 6.42 Å². The SMILES string of the molecule is CNC(Cc1ccccc1C)c1cccc(OC(C)C)c1. The minimum Gasteiger partial charge on any atom is -0.491 e. The van der Waals surface area contributed by atoms with Gasteiger partial charge < -0.3 is 10.1 Å². The second-order valence-electron chi connectivity index (χ2n) is 5.71. The Hall–Kier alpha value is -1.80. The third-order valence-corrected chi connectivity index (χ3v) is 3.67. The van der Waals surface area contributed by atoms with Crippen LogP contribution in [0.1, 0.15) is 36.6 Å². The van der Waals surface area contributed by atoms with E-state index in [4.69, 9.17) is 4.74 Å². The van der Waals surface area contributed by atoms with Gasteiger partial charge in [-0.2, -0.15) is 0 Å². The molecule has 0 spiro atoms. The molecule has 112 valence electrons. The maximum absolute atomic E-state index is 5.80. The normalized spacial score (nSPS) is 12.4. The summed E-state index contributed by atoms with van der Waals surface area (Å²) in [5.41, 5.74) is 3.98. The predicted molar refractivity (Wildman–Crippen MR) is 88.9 cm³/mol. The van der Waals surface area contributed by atoms with E-state index in [1.54, 1.807) is 0 Å². The van der Waals surface area contributed by atoms with Gasteiger partial charge in [0.15, 0.2) is 0 Å².